The third kappa shape index (κ3) is 6.87. The van der Waals surface area contributed by atoms with Gasteiger partial charge in [-0.25, -0.2) is 0 Å². The molecule has 104 valence electrons. The van der Waals surface area contributed by atoms with Gasteiger partial charge in [0.25, 0.3) is 0 Å². The molecule has 0 aliphatic rings. The Morgan fingerprint density at radius 2 is 2.00 bits per heavy atom. The first kappa shape index (κ1) is 15.3. The maximum Gasteiger partial charge on any atom is 0.411 e. The molecule has 0 aliphatic carbocycles. The van der Waals surface area contributed by atoms with Gasteiger partial charge in [0, 0.05) is 13.0 Å². The summed E-state index contributed by atoms with van der Waals surface area (Å²) in [7, 11) is 0. The molecule has 0 atom stereocenters. The summed E-state index contributed by atoms with van der Waals surface area (Å²) < 4.78 is 39.9. The van der Waals surface area contributed by atoms with Crippen molar-refractivity contribution in [2.75, 3.05) is 19.8 Å². The van der Waals surface area contributed by atoms with Crippen LogP contribution in [0.2, 0.25) is 0 Å². The van der Waals surface area contributed by atoms with Gasteiger partial charge in [0.1, 0.15) is 16.6 Å². The third-order valence-corrected chi connectivity index (χ3v) is 2.92. The molecular formula is C10H16F3N3OS. The van der Waals surface area contributed by atoms with Gasteiger partial charge in [-0.15, -0.1) is 21.5 Å². The van der Waals surface area contributed by atoms with E-state index < -0.39 is 12.8 Å². The van der Waals surface area contributed by atoms with E-state index in [2.05, 4.69) is 27.2 Å². The van der Waals surface area contributed by atoms with Gasteiger partial charge in [-0.05, 0) is 13.0 Å². The molecule has 1 N–H and O–H groups in total. The van der Waals surface area contributed by atoms with Gasteiger partial charge in [-0.2, -0.15) is 13.2 Å². The molecule has 0 bridgehead atoms. The van der Waals surface area contributed by atoms with Gasteiger partial charge >= 0.3 is 6.18 Å². The number of hydrogen-bond donors (Lipinski definition) is 1. The van der Waals surface area contributed by atoms with Crippen molar-refractivity contribution in [1.29, 1.82) is 0 Å². The molecule has 0 aliphatic heterocycles. The van der Waals surface area contributed by atoms with Gasteiger partial charge < -0.3 is 10.1 Å². The molecule has 0 radical (unpaired) electrons. The Bertz CT molecular complexity index is 343. The fourth-order valence-electron chi connectivity index (χ4n) is 1.18. The molecule has 1 rings (SSSR count). The van der Waals surface area contributed by atoms with E-state index in [1.807, 2.05) is 0 Å². The van der Waals surface area contributed by atoms with Crippen LogP contribution in [-0.2, 0) is 17.7 Å². The summed E-state index contributed by atoms with van der Waals surface area (Å²) in [5.41, 5.74) is 0. The first-order valence-corrected chi connectivity index (χ1v) is 6.49. The SMILES string of the molecule is CCCNCc1nnc(CCOCC(F)(F)F)s1. The van der Waals surface area contributed by atoms with Crippen molar-refractivity contribution in [2.24, 2.45) is 0 Å². The average Bonchev–Trinajstić information content (AvgIpc) is 2.72. The second-order valence-corrected chi connectivity index (χ2v) is 4.83. The summed E-state index contributed by atoms with van der Waals surface area (Å²) in [5, 5.41) is 12.6. The zero-order valence-corrected chi connectivity index (χ0v) is 10.9. The molecule has 0 amide bonds. The number of ether oxygens (including phenoxy) is 1. The Balaban J connectivity index is 2.19. The molecule has 1 aromatic heterocycles. The van der Waals surface area contributed by atoms with Gasteiger partial charge in [-0.1, -0.05) is 6.92 Å². The molecule has 0 fully saturated rings. The topological polar surface area (TPSA) is 47.0 Å². The van der Waals surface area contributed by atoms with Crippen LogP contribution in [0.3, 0.4) is 0 Å². The van der Waals surface area contributed by atoms with Crippen molar-refractivity contribution < 1.29 is 17.9 Å². The Labute approximate surface area is 108 Å². The molecular weight excluding hydrogens is 267 g/mol. The van der Waals surface area contributed by atoms with Crippen LogP contribution in [0, 0.1) is 0 Å². The monoisotopic (exact) mass is 283 g/mol. The fourth-order valence-corrected chi connectivity index (χ4v) is 1.98. The normalized spacial score (nSPS) is 12.0. The Hall–Kier alpha value is -0.730. The number of hydrogen-bond acceptors (Lipinski definition) is 5. The van der Waals surface area contributed by atoms with Gasteiger partial charge in [0.15, 0.2) is 0 Å². The van der Waals surface area contributed by atoms with Crippen LogP contribution in [0.5, 0.6) is 0 Å². The highest BCUT2D eigenvalue weighted by atomic mass is 32.1. The van der Waals surface area contributed by atoms with E-state index in [1.165, 1.54) is 11.3 Å². The second kappa shape index (κ2) is 7.65. The molecule has 18 heavy (non-hydrogen) atoms. The zero-order valence-electron chi connectivity index (χ0n) is 10.1. The number of alkyl halides is 3. The lowest BCUT2D eigenvalue weighted by atomic mass is 10.5. The minimum Gasteiger partial charge on any atom is -0.372 e. The van der Waals surface area contributed by atoms with Gasteiger partial charge in [0.2, 0.25) is 0 Å². The molecule has 1 heterocycles. The molecule has 8 heteroatoms. The first-order valence-electron chi connectivity index (χ1n) is 5.67. The van der Waals surface area contributed by atoms with Crippen molar-refractivity contribution in [3.05, 3.63) is 10.0 Å². The summed E-state index contributed by atoms with van der Waals surface area (Å²) in [4.78, 5) is 0. The average molecular weight is 283 g/mol. The first-order chi connectivity index (χ1) is 8.51. The molecule has 0 saturated heterocycles. The van der Waals surface area contributed by atoms with Crippen molar-refractivity contribution >= 4 is 11.3 Å². The number of rotatable bonds is 8. The van der Waals surface area contributed by atoms with Crippen molar-refractivity contribution in [1.82, 2.24) is 15.5 Å². The standard InChI is InChI=1S/C10H16F3N3OS/c1-2-4-14-6-9-16-15-8(18-9)3-5-17-7-10(11,12)13/h14H,2-7H2,1H3. The Kier molecular flexibility index (Phi) is 6.51. The van der Waals surface area contributed by atoms with E-state index in [-0.39, 0.29) is 6.61 Å². The van der Waals surface area contributed by atoms with Crippen molar-refractivity contribution in [3.8, 4) is 0 Å². The molecule has 0 saturated carbocycles. The molecule has 0 aromatic carbocycles. The summed E-state index contributed by atoms with van der Waals surface area (Å²) in [6.07, 6.45) is -2.87. The van der Waals surface area contributed by atoms with Gasteiger partial charge in [-0.3, -0.25) is 0 Å². The van der Waals surface area contributed by atoms with Crippen LogP contribution in [0.25, 0.3) is 0 Å². The Morgan fingerprint density at radius 1 is 1.28 bits per heavy atom. The predicted octanol–water partition coefficient (Wildman–Crippen LogP) is 2.16. The smallest absolute Gasteiger partial charge is 0.372 e. The fraction of sp³-hybridized carbons (Fsp3) is 0.800. The quantitative estimate of drug-likeness (QED) is 0.743. The number of halogens is 3. The van der Waals surface area contributed by atoms with E-state index in [9.17, 15) is 13.2 Å². The molecule has 1 aromatic rings. The third-order valence-electron chi connectivity index (χ3n) is 1.94. The van der Waals surface area contributed by atoms with Crippen LogP contribution >= 0.6 is 11.3 Å². The predicted molar refractivity (Wildman–Crippen MR) is 62.5 cm³/mol. The van der Waals surface area contributed by atoms with Crippen molar-refractivity contribution in [3.63, 3.8) is 0 Å². The number of nitrogens with zero attached hydrogens (tertiary/aromatic N) is 2. The van der Waals surface area contributed by atoms with E-state index in [0.717, 1.165) is 18.0 Å². The zero-order chi connectivity index (χ0) is 13.4. The van der Waals surface area contributed by atoms with Gasteiger partial charge in [0.05, 0.1) is 6.61 Å². The highest BCUT2D eigenvalue weighted by Gasteiger charge is 2.27. The molecule has 0 spiro atoms. The van der Waals surface area contributed by atoms with Crippen LogP contribution in [-0.4, -0.2) is 36.1 Å². The highest BCUT2D eigenvalue weighted by Crippen LogP contribution is 2.15. The highest BCUT2D eigenvalue weighted by molar-refractivity contribution is 7.11. The minimum atomic E-state index is -4.27. The summed E-state index contributed by atoms with van der Waals surface area (Å²) >= 11 is 1.40. The number of nitrogens with one attached hydrogen (secondary N) is 1. The summed E-state index contributed by atoms with van der Waals surface area (Å²) in [6.45, 7) is 2.42. The minimum absolute atomic E-state index is 0.0104. The molecule has 4 nitrogen and oxygen atoms in total. The van der Waals surface area contributed by atoms with E-state index in [0.29, 0.717) is 18.0 Å². The van der Waals surface area contributed by atoms with E-state index >= 15 is 0 Å². The van der Waals surface area contributed by atoms with Crippen LogP contribution < -0.4 is 5.32 Å². The van der Waals surface area contributed by atoms with E-state index in [4.69, 9.17) is 0 Å². The largest absolute Gasteiger partial charge is 0.411 e. The lowest BCUT2D eigenvalue weighted by Gasteiger charge is -2.05. The van der Waals surface area contributed by atoms with E-state index in [1.54, 1.807) is 0 Å². The van der Waals surface area contributed by atoms with Crippen LogP contribution in [0.1, 0.15) is 23.4 Å². The molecule has 0 unspecified atom stereocenters. The maximum absolute atomic E-state index is 11.8. The van der Waals surface area contributed by atoms with Crippen LogP contribution in [0.4, 0.5) is 13.2 Å². The lowest BCUT2D eigenvalue weighted by Crippen LogP contribution is -2.17. The Morgan fingerprint density at radius 3 is 2.67 bits per heavy atom. The number of aromatic nitrogens is 2. The van der Waals surface area contributed by atoms with Crippen LogP contribution in [0.15, 0.2) is 0 Å². The summed E-state index contributed by atoms with van der Waals surface area (Å²) in [6, 6.07) is 0. The lowest BCUT2D eigenvalue weighted by molar-refractivity contribution is -0.173. The van der Waals surface area contributed by atoms with Crippen molar-refractivity contribution in [2.45, 2.75) is 32.5 Å². The maximum atomic E-state index is 11.8. The summed E-state index contributed by atoms with van der Waals surface area (Å²) in [5.74, 6) is 0. The second-order valence-electron chi connectivity index (χ2n) is 3.68.